The second kappa shape index (κ2) is 8.19. The van der Waals surface area contributed by atoms with Gasteiger partial charge in [0, 0.05) is 18.5 Å². The van der Waals surface area contributed by atoms with Crippen LogP contribution >= 0.6 is 0 Å². The maximum Gasteiger partial charge on any atom is 0.227 e. The fraction of sp³-hybridized carbons (Fsp3) is 0.519. The highest BCUT2D eigenvalue weighted by Crippen LogP contribution is 2.49. The molecule has 5 rings (SSSR count). The average molecular weight is 403 g/mol. The zero-order valence-electron chi connectivity index (χ0n) is 18.1. The van der Waals surface area contributed by atoms with E-state index in [-0.39, 0.29) is 11.3 Å². The molecule has 0 bridgehead atoms. The van der Waals surface area contributed by atoms with E-state index in [0.29, 0.717) is 17.9 Å². The van der Waals surface area contributed by atoms with Crippen LogP contribution in [0.2, 0.25) is 0 Å². The van der Waals surface area contributed by atoms with Crippen molar-refractivity contribution in [3.05, 3.63) is 71.3 Å². The highest BCUT2D eigenvalue weighted by molar-refractivity contribution is 5.86. The summed E-state index contributed by atoms with van der Waals surface area (Å²) in [5.41, 5.74) is 3.95. The van der Waals surface area contributed by atoms with Crippen LogP contribution in [0.5, 0.6) is 0 Å². The Morgan fingerprint density at radius 2 is 1.60 bits per heavy atom. The molecule has 3 aliphatic rings. The Morgan fingerprint density at radius 1 is 0.900 bits per heavy atom. The highest BCUT2D eigenvalue weighted by atomic mass is 16.2. The van der Waals surface area contributed by atoms with E-state index in [1.165, 1.54) is 42.4 Å². The van der Waals surface area contributed by atoms with Gasteiger partial charge in [0.1, 0.15) is 0 Å². The third kappa shape index (κ3) is 3.47. The molecule has 158 valence electrons. The van der Waals surface area contributed by atoms with Crippen molar-refractivity contribution < 1.29 is 4.79 Å². The quantitative estimate of drug-likeness (QED) is 0.782. The van der Waals surface area contributed by atoms with Crippen molar-refractivity contribution in [2.24, 2.45) is 5.41 Å². The van der Waals surface area contributed by atoms with Gasteiger partial charge in [-0.1, -0.05) is 73.0 Å². The van der Waals surface area contributed by atoms with Gasteiger partial charge in [-0.25, -0.2) is 0 Å². The number of carbonyl (C=O) groups excluding carboxylic acids is 1. The first-order chi connectivity index (χ1) is 14.7. The third-order valence-corrected chi connectivity index (χ3v) is 8.18. The predicted molar refractivity (Wildman–Crippen MR) is 122 cm³/mol. The summed E-state index contributed by atoms with van der Waals surface area (Å²) in [6.45, 7) is 5.05. The van der Waals surface area contributed by atoms with E-state index < -0.39 is 0 Å². The van der Waals surface area contributed by atoms with Gasteiger partial charge in [-0.2, -0.15) is 0 Å². The standard InChI is InChI=1S/C27H34N2O/c1-20-11-13-21(14-12-20)23-9-5-6-10-25(23)29-17-15-27(16-18-29)24(19-28-26(27)30)22-7-3-2-4-8-22/h2-4,7-8,11-14,23-25H,5-6,9-10,15-19H2,1H3,(H,28,30)/t23?,24-,25?/m1/s1. The zero-order valence-corrected chi connectivity index (χ0v) is 18.1. The van der Waals surface area contributed by atoms with E-state index >= 15 is 0 Å². The molecule has 1 saturated carbocycles. The van der Waals surface area contributed by atoms with Gasteiger partial charge in [0.05, 0.1) is 5.41 Å². The summed E-state index contributed by atoms with van der Waals surface area (Å²) in [5.74, 6) is 1.23. The fourth-order valence-corrected chi connectivity index (χ4v) is 6.43. The van der Waals surface area contributed by atoms with Crippen molar-refractivity contribution in [3.63, 3.8) is 0 Å². The number of aryl methyl sites for hydroxylation is 1. The second-order valence-corrected chi connectivity index (χ2v) is 9.73. The number of likely N-dealkylation sites (tertiary alicyclic amines) is 1. The summed E-state index contributed by atoms with van der Waals surface area (Å²) in [6, 6.07) is 20.5. The summed E-state index contributed by atoms with van der Waals surface area (Å²) in [4.78, 5) is 15.7. The van der Waals surface area contributed by atoms with E-state index in [1.54, 1.807) is 0 Å². The lowest BCUT2D eigenvalue weighted by Crippen LogP contribution is -2.51. The molecule has 3 heteroatoms. The molecule has 1 amide bonds. The Labute approximate surface area is 180 Å². The fourth-order valence-electron chi connectivity index (χ4n) is 6.43. The number of nitrogens with one attached hydrogen (secondary N) is 1. The molecule has 2 heterocycles. The molecular formula is C27H34N2O. The Balaban J connectivity index is 1.34. The van der Waals surface area contributed by atoms with Gasteiger partial charge in [0.2, 0.25) is 5.91 Å². The first-order valence-corrected chi connectivity index (χ1v) is 11.8. The van der Waals surface area contributed by atoms with Gasteiger partial charge in [-0.05, 0) is 62.7 Å². The van der Waals surface area contributed by atoms with Gasteiger partial charge in [0.15, 0.2) is 0 Å². The molecule has 2 saturated heterocycles. The van der Waals surface area contributed by atoms with Crippen molar-refractivity contribution >= 4 is 5.91 Å². The van der Waals surface area contributed by atoms with Gasteiger partial charge < -0.3 is 5.32 Å². The number of rotatable bonds is 3. The molecule has 1 aliphatic carbocycles. The van der Waals surface area contributed by atoms with E-state index in [0.717, 1.165) is 32.5 Å². The molecule has 3 atom stereocenters. The summed E-state index contributed by atoms with van der Waals surface area (Å²) in [6.07, 6.45) is 7.22. The van der Waals surface area contributed by atoms with Crippen LogP contribution in [0.4, 0.5) is 0 Å². The molecule has 3 fully saturated rings. The van der Waals surface area contributed by atoms with E-state index in [2.05, 4.69) is 71.7 Å². The number of piperidine rings is 1. The number of nitrogens with zero attached hydrogens (tertiary/aromatic N) is 1. The van der Waals surface area contributed by atoms with Gasteiger partial charge in [-0.3, -0.25) is 9.69 Å². The maximum atomic E-state index is 13.0. The molecule has 2 aromatic rings. The predicted octanol–water partition coefficient (Wildman–Crippen LogP) is 5.02. The largest absolute Gasteiger partial charge is 0.355 e. The van der Waals surface area contributed by atoms with Gasteiger partial charge >= 0.3 is 0 Å². The Kier molecular flexibility index (Phi) is 5.41. The summed E-state index contributed by atoms with van der Waals surface area (Å²) in [5, 5.41) is 3.21. The summed E-state index contributed by atoms with van der Waals surface area (Å²) in [7, 11) is 0. The molecule has 2 aliphatic heterocycles. The molecule has 2 aromatic carbocycles. The molecular weight excluding hydrogens is 368 g/mol. The number of carbonyl (C=O) groups is 1. The van der Waals surface area contributed by atoms with Crippen LogP contribution in [0, 0.1) is 12.3 Å². The minimum Gasteiger partial charge on any atom is -0.355 e. The van der Waals surface area contributed by atoms with E-state index in [9.17, 15) is 4.79 Å². The minimum absolute atomic E-state index is 0.216. The lowest BCUT2D eigenvalue weighted by Gasteiger charge is -2.47. The second-order valence-electron chi connectivity index (χ2n) is 9.73. The van der Waals surface area contributed by atoms with Gasteiger partial charge in [-0.15, -0.1) is 0 Å². The molecule has 0 aromatic heterocycles. The minimum atomic E-state index is -0.216. The molecule has 30 heavy (non-hydrogen) atoms. The molecule has 3 nitrogen and oxygen atoms in total. The molecule has 1 spiro atoms. The van der Waals surface area contributed by atoms with Crippen LogP contribution in [0.3, 0.4) is 0 Å². The van der Waals surface area contributed by atoms with Crippen LogP contribution < -0.4 is 5.32 Å². The normalized spacial score (nSPS) is 29.1. The van der Waals surface area contributed by atoms with Crippen LogP contribution in [-0.4, -0.2) is 36.5 Å². The topological polar surface area (TPSA) is 32.3 Å². The lowest BCUT2D eigenvalue weighted by atomic mass is 9.67. The number of benzene rings is 2. The number of hydrogen-bond acceptors (Lipinski definition) is 2. The summed E-state index contributed by atoms with van der Waals surface area (Å²) < 4.78 is 0. The van der Waals surface area contributed by atoms with Crippen LogP contribution in [0.1, 0.15) is 67.1 Å². The SMILES string of the molecule is Cc1ccc(C2CCCCC2N2CCC3(CC2)C(=O)NC[C@@H]3c2ccccc2)cc1. The molecule has 1 N–H and O–H groups in total. The Hall–Kier alpha value is -2.13. The summed E-state index contributed by atoms with van der Waals surface area (Å²) >= 11 is 0. The van der Waals surface area contributed by atoms with Gasteiger partial charge in [0.25, 0.3) is 0 Å². The monoisotopic (exact) mass is 402 g/mol. The third-order valence-electron chi connectivity index (χ3n) is 8.18. The maximum absolute atomic E-state index is 13.0. The van der Waals surface area contributed by atoms with Crippen molar-refractivity contribution in [1.82, 2.24) is 10.2 Å². The number of hydrogen-bond donors (Lipinski definition) is 1. The van der Waals surface area contributed by atoms with Crippen molar-refractivity contribution in [1.29, 1.82) is 0 Å². The lowest BCUT2D eigenvalue weighted by molar-refractivity contribution is -0.131. The zero-order chi connectivity index (χ0) is 20.6. The molecule has 0 radical (unpaired) electrons. The van der Waals surface area contributed by atoms with Crippen molar-refractivity contribution in [2.75, 3.05) is 19.6 Å². The first-order valence-electron chi connectivity index (χ1n) is 11.8. The molecule has 2 unspecified atom stereocenters. The Morgan fingerprint density at radius 3 is 2.33 bits per heavy atom. The average Bonchev–Trinajstić information content (AvgIpc) is 3.11. The first kappa shape index (κ1) is 19.8. The van der Waals surface area contributed by atoms with Crippen molar-refractivity contribution in [2.45, 2.75) is 63.3 Å². The highest BCUT2D eigenvalue weighted by Gasteiger charge is 2.52. The smallest absolute Gasteiger partial charge is 0.227 e. The van der Waals surface area contributed by atoms with Crippen LogP contribution in [0.15, 0.2) is 54.6 Å². The Bertz CT molecular complexity index is 867. The number of amides is 1. The van der Waals surface area contributed by atoms with E-state index in [1.807, 2.05) is 0 Å². The van der Waals surface area contributed by atoms with Crippen LogP contribution in [-0.2, 0) is 4.79 Å². The van der Waals surface area contributed by atoms with E-state index in [4.69, 9.17) is 0 Å². The van der Waals surface area contributed by atoms with Crippen LogP contribution in [0.25, 0.3) is 0 Å². The van der Waals surface area contributed by atoms with Crippen molar-refractivity contribution in [3.8, 4) is 0 Å².